The highest BCUT2D eigenvalue weighted by atomic mass is 19.1. The van der Waals surface area contributed by atoms with E-state index in [9.17, 15) is 9.18 Å². The molecule has 0 spiro atoms. The predicted molar refractivity (Wildman–Crippen MR) is 104 cm³/mol. The van der Waals surface area contributed by atoms with Crippen LogP contribution < -0.4 is 10.1 Å². The van der Waals surface area contributed by atoms with Crippen molar-refractivity contribution in [1.29, 1.82) is 0 Å². The van der Waals surface area contributed by atoms with Crippen LogP contribution >= 0.6 is 0 Å². The standard InChI is InChI=1S/C21H22FN3O2/c1-15(25(2)13-14-27-20-11-4-3-8-17(20)22)21(26)24-19-10-5-9-18-16(19)7-6-12-23-18/h3-12,15H,13-14H2,1-2H3,(H,24,26). The van der Waals surface area contributed by atoms with Gasteiger partial charge in [-0.25, -0.2) is 4.39 Å². The smallest absolute Gasteiger partial charge is 0.241 e. The lowest BCUT2D eigenvalue weighted by atomic mass is 10.1. The number of carbonyl (C=O) groups is 1. The molecule has 2 aromatic carbocycles. The van der Waals surface area contributed by atoms with E-state index in [1.54, 1.807) is 24.4 Å². The van der Waals surface area contributed by atoms with Crippen molar-refractivity contribution < 1.29 is 13.9 Å². The van der Waals surface area contributed by atoms with Gasteiger partial charge in [0.1, 0.15) is 6.61 Å². The number of hydrogen-bond donors (Lipinski definition) is 1. The van der Waals surface area contributed by atoms with Gasteiger partial charge >= 0.3 is 0 Å². The van der Waals surface area contributed by atoms with Gasteiger partial charge in [-0.15, -0.1) is 0 Å². The van der Waals surface area contributed by atoms with Crippen LogP contribution in [0, 0.1) is 5.82 Å². The zero-order chi connectivity index (χ0) is 19.2. The largest absolute Gasteiger partial charge is 0.489 e. The van der Waals surface area contributed by atoms with Gasteiger partial charge < -0.3 is 10.1 Å². The molecule has 0 saturated heterocycles. The summed E-state index contributed by atoms with van der Waals surface area (Å²) in [7, 11) is 1.83. The molecule has 140 valence electrons. The van der Waals surface area contributed by atoms with Crippen LogP contribution in [-0.2, 0) is 4.79 Å². The summed E-state index contributed by atoms with van der Waals surface area (Å²) in [6, 6.07) is 15.3. The minimum absolute atomic E-state index is 0.125. The Labute approximate surface area is 157 Å². The summed E-state index contributed by atoms with van der Waals surface area (Å²) in [5, 5.41) is 3.86. The van der Waals surface area contributed by atoms with Crippen molar-refractivity contribution in [3.8, 4) is 5.75 Å². The summed E-state index contributed by atoms with van der Waals surface area (Å²) in [5.74, 6) is -0.304. The molecule has 0 aliphatic rings. The van der Waals surface area contributed by atoms with Gasteiger partial charge in [-0.1, -0.05) is 18.2 Å². The monoisotopic (exact) mass is 367 g/mol. The summed E-state index contributed by atoms with van der Waals surface area (Å²) in [6.07, 6.45) is 1.72. The summed E-state index contributed by atoms with van der Waals surface area (Å²) in [4.78, 5) is 18.8. The highest BCUT2D eigenvalue weighted by Crippen LogP contribution is 2.21. The average molecular weight is 367 g/mol. The number of nitrogens with one attached hydrogen (secondary N) is 1. The van der Waals surface area contributed by atoms with Gasteiger partial charge in [0.15, 0.2) is 11.6 Å². The summed E-state index contributed by atoms with van der Waals surface area (Å²) in [6.45, 7) is 2.59. The van der Waals surface area contributed by atoms with Gasteiger partial charge in [-0.05, 0) is 50.4 Å². The molecule has 1 N–H and O–H groups in total. The number of para-hydroxylation sites is 1. The van der Waals surface area contributed by atoms with Gasteiger partial charge in [-0.3, -0.25) is 14.7 Å². The Morgan fingerprint density at radius 3 is 2.81 bits per heavy atom. The number of ether oxygens (including phenoxy) is 1. The van der Waals surface area contributed by atoms with E-state index < -0.39 is 5.82 Å². The Bertz CT molecular complexity index is 927. The maximum atomic E-state index is 13.6. The van der Waals surface area contributed by atoms with Crippen molar-refractivity contribution >= 4 is 22.5 Å². The van der Waals surface area contributed by atoms with E-state index in [1.165, 1.54) is 6.07 Å². The second-order valence-electron chi connectivity index (χ2n) is 6.30. The molecule has 0 fully saturated rings. The zero-order valence-corrected chi connectivity index (χ0v) is 15.4. The molecule has 1 amide bonds. The lowest BCUT2D eigenvalue weighted by Crippen LogP contribution is -2.41. The minimum Gasteiger partial charge on any atom is -0.489 e. The third-order valence-electron chi connectivity index (χ3n) is 4.48. The summed E-state index contributed by atoms with van der Waals surface area (Å²) in [5.41, 5.74) is 1.56. The third kappa shape index (κ3) is 4.60. The van der Waals surface area contributed by atoms with E-state index in [2.05, 4.69) is 10.3 Å². The van der Waals surface area contributed by atoms with E-state index in [1.807, 2.05) is 49.2 Å². The second kappa shape index (κ2) is 8.60. The SMILES string of the molecule is CC(C(=O)Nc1cccc2ncccc12)N(C)CCOc1ccccc1F. The maximum absolute atomic E-state index is 13.6. The fourth-order valence-electron chi connectivity index (χ4n) is 2.70. The fraction of sp³-hybridized carbons (Fsp3) is 0.238. The fourth-order valence-corrected chi connectivity index (χ4v) is 2.70. The van der Waals surface area contributed by atoms with Gasteiger partial charge in [-0.2, -0.15) is 0 Å². The Morgan fingerprint density at radius 1 is 1.19 bits per heavy atom. The molecule has 0 aliphatic heterocycles. The molecule has 1 heterocycles. The molecule has 0 aliphatic carbocycles. The number of halogens is 1. The number of rotatable bonds is 7. The first kappa shape index (κ1) is 18.8. The van der Waals surface area contributed by atoms with E-state index in [-0.39, 0.29) is 24.3 Å². The van der Waals surface area contributed by atoms with Crippen molar-refractivity contribution in [1.82, 2.24) is 9.88 Å². The predicted octanol–water partition coefficient (Wildman–Crippen LogP) is 3.71. The van der Waals surface area contributed by atoms with Gasteiger partial charge in [0.25, 0.3) is 0 Å². The van der Waals surface area contributed by atoms with Crippen molar-refractivity contribution in [2.24, 2.45) is 0 Å². The Balaban J connectivity index is 1.57. The number of fused-ring (bicyclic) bond motifs is 1. The first-order chi connectivity index (χ1) is 13.1. The van der Waals surface area contributed by atoms with E-state index in [0.717, 1.165) is 16.6 Å². The summed E-state index contributed by atoms with van der Waals surface area (Å²) >= 11 is 0. The molecule has 27 heavy (non-hydrogen) atoms. The number of hydrogen-bond acceptors (Lipinski definition) is 4. The van der Waals surface area contributed by atoms with Gasteiger partial charge in [0.05, 0.1) is 17.2 Å². The Morgan fingerprint density at radius 2 is 2.00 bits per heavy atom. The lowest BCUT2D eigenvalue weighted by molar-refractivity contribution is -0.120. The molecule has 6 heteroatoms. The average Bonchev–Trinajstić information content (AvgIpc) is 2.69. The quantitative estimate of drug-likeness (QED) is 0.692. The van der Waals surface area contributed by atoms with Crippen LogP contribution in [0.3, 0.4) is 0 Å². The van der Waals surface area contributed by atoms with Crippen molar-refractivity contribution in [2.75, 3.05) is 25.5 Å². The van der Waals surface area contributed by atoms with Crippen LogP contribution in [0.25, 0.3) is 10.9 Å². The van der Waals surface area contributed by atoms with Crippen molar-refractivity contribution in [3.63, 3.8) is 0 Å². The van der Waals surface area contributed by atoms with Crippen LogP contribution in [0.2, 0.25) is 0 Å². The number of benzene rings is 2. The normalized spacial score (nSPS) is 12.1. The zero-order valence-electron chi connectivity index (χ0n) is 15.4. The number of anilines is 1. The molecule has 5 nitrogen and oxygen atoms in total. The number of aromatic nitrogens is 1. The van der Waals surface area contributed by atoms with Crippen LogP contribution in [0.15, 0.2) is 60.8 Å². The van der Waals surface area contributed by atoms with Crippen molar-refractivity contribution in [2.45, 2.75) is 13.0 Å². The van der Waals surface area contributed by atoms with E-state index >= 15 is 0 Å². The number of likely N-dealkylation sites (N-methyl/N-ethyl adjacent to an activating group) is 1. The number of carbonyl (C=O) groups excluding carboxylic acids is 1. The number of amides is 1. The molecule has 0 bridgehead atoms. The number of pyridine rings is 1. The minimum atomic E-state index is -0.393. The molecule has 0 radical (unpaired) electrons. The molecule has 3 aromatic rings. The van der Waals surface area contributed by atoms with Gasteiger partial charge in [0, 0.05) is 18.1 Å². The maximum Gasteiger partial charge on any atom is 0.241 e. The van der Waals surface area contributed by atoms with E-state index in [0.29, 0.717) is 6.54 Å². The highest BCUT2D eigenvalue weighted by Gasteiger charge is 2.19. The first-order valence-corrected chi connectivity index (χ1v) is 8.78. The first-order valence-electron chi connectivity index (χ1n) is 8.78. The molecular formula is C21H22FN3O2. The van der Waals surface area contributed by atoms with Crippen molar-refractivity contribution in [3.05, 3.63) is 66.6 Å². The molecule has 0 saturated carbocycles. The van der Waals surface area contributed by atoms with Crippen LogP contribution in [0.5, 0.6) is 5.75 Å². The molecular weight excluding hydrogens is 345 g/mol. The van der Waals surface area contributed by atoms with Crippen LogP contribution in [0.1, 0.15) is 6.92 Å². The molecule has 1 aromatic heterocycles. The Kier molecular flexibility index (Phi) is 5.98. The molecule has 1 atom stereocenters. The third-order valence-corrected chi connectivity index (χ3v) is 4.48. The topological polar surface area (TPSA) is 54.5 Å². The van der Waals surface area contributed by atoms with Crippen LogP contribution in [-0.4, -0.2) is 42.0 Å². The lowest BCUT2D eigenvalue weighted by Gasteiger charge is -2.24. The van der Waals surface area contributed by atoms with E-state index in [4.69, 9.17) is 4.74 Å². The summed E-state index contributed by atoms with van der Waals surface area (Å²) < 4.78 is 19.0. The number of nitrogens with zero attached hydrogens (tertiary/aromatic N) is 2. The second-order valence-corrected chi connectivity index (χ2v) is 6.30. The Hall–Kier alpha value is -2.99. The highest BCUT2D eigenvalue weighted by molar-refractivity contribution is 6.02. The molecule has 3 rings (SSSR count). The molecule has 1 unspecified atom stereocenters. The van der Waals surface area contributed by atoms with Crippen LogP contribution in [0.4, 0.5) is 10.1 Å². The van der Waals surface area contributed by atoms with Gasteiger partial charge in [0.2, 0.25) is 5.91 Å².